The van der Waals surface area contributed by atoms with Gasteiger partial charge in [0.2, 0.25) is 11.8 Å². The van der Waals surface area contributed by atoms with Crippen molar-refractivity contribution < 1.29 is 9.59 Å². The lowest BCUT2D eigenvalue weighted by Gasteiger charge is -2.38. The van der Waals surface area contributed by atoms with Crippen molar-refractivity contribution in [2.24, 2.45) is 0 Å². The van der Waals surface area contributed by atoms with Crippen LogP contribution in [0.25, 0.3) is 0 Å². The highest BCUT2D eigenvalue weighted by Gasteiger charge is 2.34. The van der Waals surface area contributed by atoms with Crippen molar-refractivity contribution in [1.82, 2.24) is 9.80 Å². The van der Waals surface area contributed by atoms with E-state index < -0.39 is 0 Å². The molecule has 2 aromatic rings. The predicted octanol–water partition coefficient (Wildman–Crippen LogP) is 5.74. The minimum atomic E-state index is -0.0631. The Hall–Kier alpha value is -2.14. The van der Waals surface area contributed by atoms with E-state index in [0.29, 0.717) is 19.5 Å². The van der Waals surface area contributed by atoms with Crippen LogP contribution in [0, 0.1) is 6.92 Å². The maximum absolute atomic E-state index is 13.5. The SMILES string of the molecule is CCCCCCC(=O)N(CCC)CC(=O)N1CCc2sccc2C1c1ccccc1C. The van der Waals surface area contributed by atoms with Gasteiger partial charge in [-0.2, -0.15) is 0 Å². The van der Waals surface area contributed by atoms with Gasteiger partial charge in [0.05, 0.1) is 12.6 Å². The number of amides is 2. The summed E-state index contributed by atoms with van der Waals surface area (Å²) in [5, 5.41) is 2.13. The zero-order valence-corrected chi connectivity index (χ0v) is 20.0. The molecule has 2 heterocycles. The van der Waals surface area contributed by atoms with Crippen LogP contribution in [0.4, 0.5) is 0 Å². The van der Waals surface area contributed by atoms with Crippen molar-refractivity contribution in [3.63, 3.8) is 0 Å². The van der Waals surface area contributed by atoms with E-state index in [0.717, 1.165) is 38.5 Å². The second kappa shape index (κ2) is 11.5. The lowest BCUT2D eigenvalue weighted by molar-refractivity contribution is -0.141. The summed E-state index contributed by atoms with van der Waals surface area (Å²) in [6.07, 6.45) is 6.61. The molecule has 5 heteroatoms. The number of hydrogen-bond acceptors (Lipinski definition) is 3. The largest absolute Gasteiger partial charge is 0.333 e. The number of aryl methyl sites for hydroxylation is 1. The average Bonchev–Trinajstić information content (AvgIpc) is 3.25. The average molecular weight is 441 g/mol. The fourth-order valence-electron chi connectivity index (χ4n) is 4.49. The molecule has 4 nitrogen and oxygen atoms in total. The van der Waals surface area contributed by atoms with Crippen LogP contribution in [0.3, 0.4) is 0 Å². The molecule has 1 aliphatic rings. The fourth-order valence-corrected chi connectivity index (χ4v) is 5.39. The van der Waals surface area contributed by atoms with Crippen molar-refractivity contribution >= 4 is 23.2 Å². The van der Waals surface area contributed by atoms with Crippen LogP contribution in [0.2, 0.25) is 0 Å². The van der Waals surface area contributed by atoms with Gasteiger partial charge in [0.25, 0.3) is 0 Å². The van der Waals surface area contributed by atoms with Gasteiger partial charge in [-0.25, -0.2) is 0 Å². The second-order valence-electron chi connectivity index (χ2n) is 8.52. The summed E-state index contributed by atoms with van der Waals surface area (Å²) in [4.78, 5) is 31.5. The highest BCUT2D eigenvalue weighted by Crippen LogP contribution is 2.39. The molecular formula is C26H36N2O2S. The number of rotatable bonds is 10. The van der Waals surface area contributed by atoms with Crippen molar-refractivity contribution in [3.8, 4) is 0 Å². The van der Waals surface area contributed by atoms with Crippen LogP contribution in [0.15, 0.2) is 35.7 Å². The first-order valence-electron chi connectivity index (χ1n) is 11.8. The van der Waals surface area contributed by atoms with Gasteiger partial charge in [0.1, 0.15) is 0 Å². The number of carbonyl (C=O) groups excluding carboxylic acids is 2. The smallest absolute Gasteiger partial charge is 0.242 e. The quantitative estimate of drug-likeness (QED) is 0.442. The van der Waals surface area contributed by atoms with E-state index in [1.165, 1.54) is 21.6 Å². The zero-order valence-electron chi connectivity index (χ0n) is 19.2. The summed E-state index contributed by atoms with van der Waals surface area (Å²) in [6.45, 7) is 7.88. The summed E-state index contributed by atoms with van der Waals surface area (Å²) in [7, 11) is 0. The summed E-state index contributed by atoms with van der Waals surface area (Å²) >= 11 is 1.78. The monoisotopic (exact) mass is 440 g/mol. The first-order chi connectivity index (χ1) is 15.1. The maximum Gasteiger partial charge on any atom is 0.242 e. The third-order valence-electron chi connectivity index (χ3n) is 6.19. The van der Waals surface area contributed by atoms with E-state index in [1.807, 2.05) is 11.0 Å². The van der Waals surface area contributed by atoms with Crippen LogP contribution < -0.4 is 0 Å². The highest BCUT2D eigenvalue weighted by atomic mass is 32.1. The molecule has 0 aliphatic carbocycles. The first kappa shape index (κ1) is 23.5. The first-order valence-corrected chi connectivity index (χ1v) is 12.6. The number of thiophene rings is 1. The Kier molecular flexibility index (Phi) is 8.70. The minimum absolute atomic E-state index is 0.0560. The Morgan fingerprint density at radius 3 is 2.61 bits per heavy atom. The number of unbranched alkanes of at least 4 members (excludes halogenated alkanes) is 3. The second-order valence-corrected chi connectivity index (χ2v) is 9.52. The van der Waals surface area contributed by atoms with E-state index in [4.69, 9.17) is 0 Å². The molecule has 0 fully saturated rings. The van der Waals surface area contributed by atoms with E-state index in [-0.39, 0.29) is 24.4 Å². The molecule has 168 valence electrons. The van der Waals surface area contributed by atoms with Crippen molar-refractivity contribution in [1.29, 1.82) is 0 Å². The molecular weight excluding hydrogens is 404 g/mol. The molecule has 1 aromatic heterocycles. The molecule has 2 amide bonds. The number of nitrogens with zero attached hydrogens (tertiary/aromatic N) is 2. The lowest BCUT2D eigenvalue weighted by Crippen LogP contribution is -2.47. The third kappa shape index (κ3) is 5.76. The molecule has 0 bridgehead atoms. The Morgan fingerprint density at radius 2 is 1.87 bits per heavy atom. The number of hydrogen-bond donors (Lipinski definition) is 0. The van der Waals surface area contributed by atoms with Gasteiger partial charge < -0.3 is 9.80 Å². The molecule has 1 aliphatic heterocycles. The molecule has 0 saturated heterocycles. The van der Waals surface area contributed by atoms with Gasteiger partial charge in [0.15, 0.2) is 0 Å². The summed E-state index contributed by atoms with van der Waals surface area (Å²) in [6, 6.07) is 10.4. The molecule has 0 saturated carbocycles. The van der Waals surface area contributed by atoms with Crippen molar-refractivity contribution in [2.75, 3.05) is 19.6 Å². The highest BCUT2D eigenvalue weighted by molar-refractivity contribution is 7.10. The number of carbonyl (C=O) groups is 2. The number of benzene rings is 1. The predicted molar refractivity (Wildman–Crippen MR) is 128 cm³/mol. The topological polar surface area (TPSA) is 40.6 Å². The minimum Gasteiger partial charge on any atom is -0.333 e. The summed E-state index contributed by atoms with van der Waals surface area (Å²) in [5.41, 5.74) is 3.62. The van der Waals surface area contributed by atoms with Gasteiger partial charge in [-0.3, -0.25) is 9.59 Å². The lowest BCUT2D eigenvalue weighted by atomic mass is 9.90. The van der Waals surface area contributed by atoms with E-state index in [9.17, 15) is 9.59 Å². The number of fused-ring (bicyclic) bond motifs is 1. The Labute approximate surface area is 191 Å². The van der Waals surface area contributed by atoms with Crippen LogP contribution in [0.5, 0.6) is 0 Å². The molecule has 0 spiro atoms. The van der Waals surface area contributed by atoms with Gasteiger partial charge >= 0.3 is 0 Å². The summed E-state index contributed by atoms with van der Waals surface area (Å²) < 4.78 is 0. The van der Waals surface area contributed by atoms with E-state index >= 15 is 0 Å². The summed E-state index contributed by atoms with van der Waals surface area (Å²) in [5.74, 6) is 0.174. The Balaban J connectivity index is 1.78. The maximum atomic E-state index is 13.5. The third-order valence-corrected chi connectivity index (χ3v) is 7.18. The van der Waals surface area contributed by atoms with Gasteiger partial charge in [0, 0.05) is 24.4 Å². The van der Waals surface area contributed by atoms with Gasteiger partial charge in [-0.1, -0.05) is 57.4 Å². The van der Waals surface area contributed by atoms with E-state index in [2.05, 4.69) is 50.4 Å². The van der Waals surface area contributed by atoms with Crippen molar-refractivity contribution in [3.05, 3.63) is 57.3 Å². The molecule has 0 N–H and O–H groups in total. The zero-order chi connectivity index (χ0) is 22.2. The molecule has 1 aromatic carbocycles. The van der Waals surface area contributed by atoms with Crippen LogP contribution in [-0.4, -0.2) is 41.2 Å². The van der Waals surface area contributed by atoms with E-state index in [1.54, 1.807) is 16.2 Å². The molecule has 1 atom stereocenters. The Bertz CT molecular complexity index is 876. The molecule has 3 rings (SSSR count). The molecule has 0 radical (unpaired) electrons. The molecule has 1 unspecified atom stereocenters. The normalized spacial score (nSPS) is 15.6. The van der Waals surface area contributed by atoms with Crippen LogP contribution >= 0.6 is 11.3 Å². The Morgan fingerprint density at radius 1 is 1.06 bits per heavy atom. The standard InChI is InChI=1S/C26H36N2O2S/c1-4-6-7-8-13-24(29)27(16-5-2)19-25(30)28-17-14-23-22(15-18-31-23)26(28)21-12-10-9-11-20(21)3/h9-12,15,18,26H,4-8,13-14,16-17,19H2,1-3H3. The van der Waals surface area contributed by atoms with Gasteiger partial charge in [-0.05, 0) is 54.3 Å². The van der Waals surface area contributed by atoms with Crippen LogP contribution in [-0.2, 0) is 16.0 Å². The van der Waals surface area contributed by atoms with Gasteiger partial charge in [-0.15, -0.1) is 11.3 Å². The molecule has 31 heavy (non-hydrogen) atoms. The van der Waals surface area contributed by atoms with Crippen LogP contribution in [0.1, 0.15) is 80.0 Å². The van der Waals surface area contributed by atoms with Crippen molar-refractivity contribution in [2.45, 2.75) is 71.8 Å². The fraction of sp³-hybridized carbons (Fsp3) is 0.538.